The molecule has 0 saturated carbocycles. The fraction of sp³-hybridized carbons (Fsp3) is 0.692. The van der Waals surface area contributed by atoms with Gasteiger partial charge < -0.3 is 109 Å². The summed E-state index contributed by atoms with van der Waals surface area (Å²) in [7, 11) is 1.21. The highest BCUT2D eigenvalue weighted by atomic mass is 16.8. The van der Waals surface area contributed by atoms with Gasteiger partial charge in [-0.25, -0.2) is 0 Å². The first kappa shape index (κ1) is 53.5. The molecular weight excluding hydrogens is 910 g/mol. The van der Waals surface area contributed by atoms with Crippen molar-refractivity contribution in [2.75, 3.05) is 33.5 Å². The van der Waals surface area contributed by atoms with Crippen LogP contribution in [0.3, 0.4) is 0 Å². The molecule has 0 bridgehead atoms. The molecule has 1 aromatic rings. The van der Waals surface area contributed by atoms with Gasteiger partial charge in [-0.2, -0.15) is 0 Å². The average Bonchev–Trinajstić information content (AvgIpc) is 3.30. The Morgan fingerprint density at radius 3 is 1.52 bits per heavy atom. The summed E-state index contributed by atoms with van der Waals surface area (Å²) in [5.74, 6) is -2.00. The van der Waals surface area contributed by atoms with Gasteiger partial charge in [-0.15, -0.1) is 0 Å². The van der Waals surface area contributed by atoms with Crippen molar-refractivity contribution in [3.8, 4) is 0 Å². The predicted octanol–water partition coefficient (Wildman–Crippen LogP) is -7.26. The SMILES string of the molecule is CO[C@@H]1C(CO)O[C@H](O[C@@H]2C(OC=O)O[C@@H](O[C@@H]3C(CO)O[C@H](O[C@@H]4C(OC=O)O[C@@H](OCCNC(=O)c5ccc(C=O)cc5)[C@@H](O)C4O)[C@@H](NC(C)=O)C3O)[C@@H](O)C2O)[C@@H](NC(C)=O)C1O. The van der Waals surface area contributed by atoms with Crippen LogP contribution < -0.4 is 16.0 Å². The predicted molar refractivity (Wildman–Crippen MR) is 210 cm³/mol. The molecule has 0 radical (unpaired) electrons. The molecule has 0 spiro atoms. The first-order chi connectivity index (χ1) is 32.0. The maximum absolute atomic E-state index is 12.5. The van der Waals surface area contributed by atoms with Crippen LogP contribution in [0.15, 0.2) is 24.3 Å². The Hall–Kier alpha value is -4.44. The second kappa shape index (κ2) is 24.7. The van der Waals surface area contributed by atoms with Crippen molar-refractivity contribution < 1.29 is 122 Å². The van der Waals surface area contributed by atoms with Crippen LogP contribution in [0.5, 0.6) is 0 Å². The van der Waals surface area contributed by atoms with Crippen molar-refractivity contribution in [3.63, 3.8) is 0 Å². The largest absolute Gasteiger partial charge is 0.435 e. The van der Waals surface area contributed by atoms with Crippen LogP contribution in [0.4, 0.5) is 0 Å². The van der Waals surface area contributed by atoms with Gasteiger partial charge in [0, 0.05) is 38.6 Å². The van der Waals surface area contributed by atoms with Crippen LogP contribution in [0.2, 0.25) is 0 Å². The number of hydrogen-bond acceptors (Lipinski definition) is 25. The van der Waals surface area contributed by atoms with E-state index < -0.39 is 154 Å². The summed E-state index contributed by atoms with van der Waals surface area (Å²) >= 11 is 0. The highest BCUT2D eigenvalue weighted by Gasteiger charge is 2.57. The Kier molecular flexibility index (Phi) is 19.7. The summed E-state index contributed by atoms with van der Waals surface area (Å²) in [5.41, 5.74) is 0.583. The van der Waals surface area contributed by atoms with Gasteiger partial charge in [0.1, 0.15) is 79.4 Å². The van der Waals surface area contributed by atoms with Crippen LogP contribution in [0.25, 0.3) is 0 Å². The van der Waals surface area contributed by atoms with Crippen molar-refractivity contribution in [2.45, 2.75) is 137 Å². The molecule has 11 N–H and O–H groups in total. The highest BCUT2D eigenvalue weighted by Crippen LogP contribution is 2.35. The molecule has 3 amide bonds. The second-order valence-electron chi connectivity index (χ2n) is 15.4. The van der Waals surface area contributed by atoms with Gasteiger partial charge in [0.2, 0.25) is 24.4 Å². The third-order valence-electron chi connectivity index (χ3n) is 11.0. The molecule has 4 saturated heterocycles. The number of amides is 3. The van der Waals surface area contributed by atoms with E-state index in [1.807, 2.05) is 0 Å². The molecule has 8 unspecified atom stereocenters. The molecule has 1 aromatic carbocycles. The summed E-state index contributed by atoms with van der Waals surface area (Å²) in [6.07, 6.45) is -32.0. The lowest BCUT2D eigenvalue weighted by molar-refractivity contribution is -0.398. The van der Waals surface area contributed by atoms with E-state index in [-0.39, 0.29) is 31.7 Å². The number of methoxy groups -OCH3 is 1. The lowest BCUT2D eigenvalue weighted by atomic mass is 9.95. The van der Waals surface area contributed by atoms with Crippen LogP contribution in [-0.4, -0.2) is 234 Å². The summed E-state index contributed by atoms with van der Waals surface area (Å²) < 4.78 is 60.9. The Morgan fingerprint density at radius 1 is 0.597 bits per heavy atom. The normalized spacial score (nSPS) is 38.7. The van der Waals surface area contributed by atoms with Crippen LogP contribution in [0, 0.1) is 0 Å². The minimum absolute atomic E-state index is 0.0859. The summed E-state index contributed by atoms with van der Waals surface area (Å²) in [4.78, 5) is 71.0. The van der Waals surface area contributed by atoms with Gasteiger partial charge in [-0.05, 0) is 12.1 Å². The number of aliphatic hydroxyl groups excluding tert-OH is 8. The monoisotopic (exact) mass is 965 g/mol. The number of ether oxygens (including phenoxy) is 11. The van der Waals surface area contributed by atoms with E-state index in [1.165, 1.54) is 31.4 Å². The minimum atomic E-state index is -2.16. The minimum Gasteiger partial charge on any atom is -0.435 e. The fourth-order valence-corrected chi connectivity index (χ4v) is 7.70. The summed E-state index contributed by atoms with van der Waals surface area (Å²) in [6.45, 7) is -0.236. The molecule has 0 aliphatic carbocycles. The molecule has 28 heteroatoms. The zero-order valence-corrected chi connectivity index (χ0v) is 35.9. The van der Waals surface area contributed by atoms with E-state index in [9.17, 15) is 69.6 Å². The number of carbonyl (C=O) groups excluding carboxylic acids is 6. The zero-order valence-electron chi connectivity index (χ0n) is 35.9. The van der Waals surface area contributed by atoms with E-state index >= 15 is 0 Å². The van der Waals surface area contributed by atoms with E-state index in [0.717, 1.165) is 13.8 Å². The number of aliphatic hydroxyl groups is 8. The van der Waals surface area contributed by atoms with E-state index in [1.54, 1.807) is 0 Å². The first-order valence-electron chi connectivity index (χ1n) is 20.6. The molecule has 20 atom stereocenters. The number of rotatable bonds is 21. The maximum Gasteiger partial charge on any atom is 0.295 e. The number of nitrogens with one attached hydrogen (secondary N) is 3. The maximum atomic E-state index is 12.5. The van der Waals surface area contributed by atoms with Crippen molar-refractivity contribution in [3.05, 3.63) is 35.4 Å². The molecule has 28 nitrogen and oxygen atoms in total. The molecule has 376 valence electrons. The lowest BCUT2D eigenvalue weighted by Crippen LogP contribution is -2.70. The van der Waals surface area contributed by atoms with Gasteiger partial charge in [0.05, 0.1) is 19.8 Å². The van der Waals surface area contributed by atoms with Gasteiger partial charge in [-0.1, -0.05) is 12.1 Å². The van der Waals surface area contributed by atoms with Crippen LogP contribution >= 0.6 is 0 Å². The Morgan fingerprint density at radius 2 is 1.06 bits per heavy atom. The molecule has 5 rings (SSSR count). The van der Waals surface area contributed by atoms with Crippen molar-refractivity contribution in [1.82, 2.24) is 16.0 Å². The van der Waals surface area contributed by atoms with Gasteiger partial charge in [0.25, 0.3) is 18.9 Å². The quantitative estimate of drug-likeness (QED) is 0.0403. The van der Waals surface area contributed by atoms with Crippen molar-refractivity contribution in [1.29, 1.82) is 0 Å². The summed E-state index contributed by atoms with van der Waals surface area (Å²) in [6, 6.07) is 2.58. The highest BCUT2D eigenvalue weighted by molar-refractivity contribution is 5.94. The fourth-order valence-electron chi connectivity index (χ4n) is 7.70. The van der Waals surface area contributed by atoms with Gasteiger partial charge in [-0.3, -0.25) is 28.8 Å². The van der Waals surface area contributed by atoms with E-state index in [2.05, 4.69) is 16.0 Å². The number of hydrogen-bond donors (Lipinski definition) is 11. The number of benzene rings is 1. The molecule has 67 heavy (non-hydrogen) atoms. The molecule has 4 aliphatic rings. The van der Waals surface area contributed by atoms with Gasteiger partial charge in [0.15, 0.2) is 37.4 Å². The third kappa shape index (κ3) is 12.8. The summed E-state index contributed by atoms with van der Waals surface area (Å²) in [5, 5.41) is 95.0. The Bertz CT molecular complexity index is 1800. The third-order valence-corrected chi connectivity index (χ3v) is 11.0. The molecule has 4 aliphatic heterocycles. The smallest absolute Gasteiger partial charge is 0.295 e. The molecule has 0 aromatic heterocycles. The topological polar surface area (TPSA) is 402 Å². The van der Waals surface area contributed by atoms with Crippen molar-refractivity contribution >= 4 is 37.0 Å². The standard InChI is InChI=1S/C39H55N3O25/c1-15(48)41-21-23(50)29(57-3)19(11-44)61-34(21)65-32-26(53)28(55)37(67-39(32)60-14-47)63-30-20(12-45)62-35(22(24(30)51)42-16(2)49)64-31-25(52)27(54)36(66-38(31)59-13-46)58-9-8-40-33(56)18-6-4-17(10-43)5-7-18/h4-7,10,13-14,19-32,34-39,44-45,50-55H,8-9,11-12H2,1-3H3,(H,40,56)(H,41,48)(H,42,49)/t19?,20?,21-,22-,23?,24?,25?,26?,27-,28-,29+,30+,31-,32-,34+,35+,36+,37+,38?,39?/m0/s1. The van der Waals surface area contributed by atoms with Crippen LogP contribution in [-0.2, 0) is 71.3 Å². The molecular formula is C39H55N3O25. The van der Waals surface area contributed by atoms with E-state index in [0.29, 0.717) is 11.8 Å². The number of carbonyl (C=O) groups is 6. The van der Waals surface area contributed by atoms with Crippen molar-refractivity contribution in [2.24, 2.45) is 0 Å². The first-order valence-corrected chi connectivity index (χ1v) is 20.6. The second-order valence-corrected chi connectivity index (χ2v) is 15.4. The Balaban J connectivity index is 1.27. The number of aldehydes is 1. The van der Waals surface area contributed by atoms with E-state index in [4.69, 9.17) is 52.1 Å². The van der Waals surface area contributed by atoms with Crippen LogP contribution in [0.1, 0.15) is 34.6 Å². The zero-order chi connectivity index (χ0) is 49.1. The van der Waals surface area contributed by atoms with Gasteiger partial charge >= 0.3 is 0 Å². The Labute approximate surface area is 380 Å². The molecule has 4 fully saturated rings. The lowest BCUT2D eigenvalue weighted by Gasteiger charge is -2.49. The average molecular weight is 966 g/mol. The molecule has 4 heterocycles.